The second kappa shape index (κ2) is 18.2. The van der Waals surface area contributed by atoms with Crippen molar-refractivity contribution in [3.63, 3.8) is 0 Å². The number of carbonyl (C=O) groups is 4. The maximum atomic E-state index is 13.2. The van der Waals surface area contributed by atoms with Gasteiger partial charge in [0.05, 0.1) is 11.4 Å². The number of rotatable bonds is 12. The molecule has 0 bridgehead atoms. The van der Waals surface area contributed by atoms with Crippen LogP contribution in [-0.4, -0.2) is 65.1 Å². The lowest BCUT2D eigenvalue weighted by atomic mass is 10.1. The molecule has 0 spiro atoms. The van der Waals surface area contributed by atoms with E-state index in [9.17, 15) is 55.3 Å². The summed E-state index contributed by atoms with van der Waals surface area (Å²) in [7, 11) is -9.94. The summed E-state index contributed by atoms with van der Waals surface area (Å²) in [4.78, 5) is 47.0. The number of hydrogen-bond donors (Lipinski definition) is 9. The lowest BCUT2D eigenvalue weighted by molar-refractivity contribution is -0.114. The Balaban J connectivity index is 1.05. The molecule has 0 radical (unpaired) electrons. The van der Waals surface area contributed by atoms with Gasteiger partial charge in [0.25, 0.3) is 32.1 Å². The quantitative estimate of drug-likeness (QED) is 0.0408. The summed E-state index contributed by atoms with van der Waals surface area (Å²) in [6, 6.07) is 27.3. The summed E-state index contributed by atoms with van der Waals surface area (Å²) in [5.41, 5.74) is 0.503. The number of aromatic hydroxyl groups is 2. The maximum absolute atomic E-state index is 13.2. The normalized spacial score (nSPS) is 11.8. The van der Waals surface area contributed by atoms with Gasteiger partial charge in [-0.15, -0.1) is 10.2 Å². The van der Waals surface area contributed by atoms with E-state index in [4.69, 9.17) is 5.11 Å². The van der Waals surface area contributed by atoms with Crippen LogP contribution in [0, 0.1) is 0 Å². The summed E-state index contributed by atoms with van der Waals surface area (Å²) < 4.78 is 69.5. The Morgan fingerprint density at radius 2 is 0.833 bits per heavy atom. The van der Waals surface area contributed by atoms with Gasteiger partial charge in [-0.3, -0.25) is 28.8 Å². The molecule has 0 aliphatic rings. The molecule has 21 nitrogen and oxygen atoms in total. The number of fused-ring (bicyclic) bond motifs is 2. The Labute approximate surface area is 372 Å². The van der Waals surface area contributed by atoms with Crippen molar-refractivity contribution in [2.45, 2.75) is 16.7 Å². The first-order valence-electron chi connectivity index (χ1n) is 18.8. The zero-order valence-corrected chi connectivity index (χ0v) is 35.3. The lowest BCUT2D eigenvalue weighted by Crippen LogP contribution is -2.14. The average molecular weight is 933 g/mol. The number of phenols is 2. The molecule has 0 aliphatic heterocycles. The van der Waals surface area contributed by atoms with Crippen molar-refractivity contribution < 1.29 is 60.4 Å². The second-order valence-corrected chi connectivity index (χ2v) is 16.8. The standard InChI is InChI=1S/C43H32N8O13S2/c1-22(52)44-27-6-10-29(11-7-27)48-50-37-35(65(59,60)61)20-25-18-31(14-16-33(25)39(37)53)45-41(55)23-2-4-24(5-3-23)42(56)46-32-15-17-34-26(19-32)21-36(66(62,63)64)38(40(34)54)51-49-30-12-8-28(9-13-30)47-43(57)58/h2-21,47,53-54H,1H3,(H,44,52)(H,45,55)(H,46,56)(H,57,58)(H,59,60,61)(H,62,63,64). The molecule has 66 heavy (non-hydrogen) atoms. The third-order valence-electron chi connectivity index (χ3n) is 9.42. The van der Waals surface area contributed by atoms with Gasteiger partial charge < -0.3 is 31.3 Å². The van der Waals surface area contributed by atoms with Crippen LogP contribution in [-0.2, 0) is 25.0 Å². The van der Waals surface area contributed by atoms with Crippen LogP contribution in [0.1, 0.15) is 27.6 Å². The van der Waals surface area contributed by atoms with E-state index in [0.29, 0.717) is 5.69 Å². The van der Waals surface area contributed by atoms with E-state index in [1.165, 1.54) is 116 Å². The summed E-state index contributed by atoms with van der Waals surface area (Å²) in [5.74, 6) is -2.84. The van der Waals surface area contributed by atoms with Crippen LogP contribution in [0.2, 0.25) is 0 Å². The number of phenolic OH excluding ortho intramolecular Hbond substituents is 2. The minimum Gasteiger partial charge on any atom is -0.505 e. The highest BCUT2D eigenvalue weighted by Gasteiger charge is 2.24. The molecule has 0 saturated heterocycles. The van der Waals surface area contributed by atoms with E-state index < -0.39 is 70.8 Å². The Morgan fingerprint density at radius 1 is 0.470 bits per heavy atom. The van der Waals surface area contributed by atoms with Gasteiger partial charge in [0.15, 0.2) is 11.5 Å². The number of carbonyl (C=O) groups excluding carboxylic acids is 3. The molecule has 0 fully saturated rings. The fourth-order valence-corrected chi connectivity index (χ4v) is 7.71. The van der Waals surface area contributed by atoms with Crippen LogP contribution in [0.5, 0.6) is 11.5 Å². The third kappa shape index (κ3) is 10.4. The number of nitrogens with zero attached hydrogens (tertiary/aromatic N) is 4. The molecule has 0 heterocycles. The average Bonchev–Trinajstić information content (AvgIpc) is 3.25. The Morgan fingerprint density at radius 3 is 1.18 bits per heavy atom. The van der Waals surface area contributed by atoms with E-state index in [-0.39, 0.29) is 67.0 Å². The van der Waals surface area contributed by atoms with Crippen LogP contribution in [0.4, 0.5) is 50.3 Å². The number of carboxylic acid groups (broad SMARTS) is 1. The highest BCUT2D eigenvalue weighted by atomic mass is 32.2. The highest BCUT2D eigenvalue weighted by molar-refractivity contribution is 7.86. The maximum Gasteiger partial charge on any atom is 0.409 e. The van der Waals surface area contributed by atoms with Crippen molar-refractivity contribution in [3.05, 3.63) is 132 Å². The fraction of sp³-hybridized carbons (Fsp3) is 0.0233. The number of benzene rings is 7. The molecule has 334 valence electrons. The number of amides is 4. The van der Waals surface area contributed by atoms with Crippen molar-refractivity contribution in [1.29, 1.82) is 0 Å². The van der Waals surface area contributed by atoms with Crippen LogP contribution >= 0.6 is 0 Å². The van der Waals surface area contributed by atoms with E-state index in [2.05, 4.69) is 41.7 Å². The molecule has 23 heteroatoms. The molecule has 0 atom stereocenters. The van der Waals surface area contributed by atoms with Crippen molar-refractivity contribution >= 4 is 111 Å². The highest BCUT2D eigenvalue weighted by Crippen LogP contribution is 2.43. The van der Waals surface area contributed by atoms with Crippen molar-refractivity contribution in [3.8, 4) is 11.5 Å². The zero-order valence-electron chi connectivity index (χ0n) is 33.7. The summed E-state index contributed by atoms with van der Waals surface area (Å²) >= 11 is 0. The number of azo groups is 2. The summed E-state index contributed by atoms with van der Waals surface area (Å²) in [6.07, 6.45) is -1.29. The molecule has 7 rings (SSSR count). The predicted molar refractivity (Wildman–Crippen MR) is 240 cm³/mol. The molecule has 0 aliphatic carbocycles. The van der Waals surface area contributed by atoms with Gasteiger partial charge >= 0.3 is 6.09 Å². The summed E-state index contributed by atoms with van der Waals surface area (Å²) in [5, 5.41) is 56.9. The van der Waals surface area contributed by atoms with Gasteiger partial charge in [0.1, 0.15) is 21.2 Å². The van der Waals surface area contributed by atoms with E-state index in [0.717, 1.165) is 12.1 Å². The smallest absolute Gasteiger partial charge is 0.409 e. The van der Waals surface area contributed by atoms with Gasteiger partial charge in [0, 0.05) is 51.6 Å². The van der Waals surface area contributed by atoms with Gasteiger partial charge in [-0.2, -0.15) is 27.1 Å². The lowest BCUT2D eigenvalue weighted by Gasteiger charge is -2.12. The third-order valence-corrected chi connectivity index (χ3v) is 11.2. The van der Waals surface area contributed by atoms with Crippen LogP contribution in [0.15, 0.2) is 152 Å². The number of hydrogen-bond acceptors (Lipinski definition) is 14. The molecule has 7 aromatic rings. The molecule has 7 aromatic carbocycles. The minimum absolute atomic E-state index is 0.0835. The van der Waals surface area contributed by atoms with Gasteiger partial charge in [0.2, 0.25) is 5.91 Å². The Kier molecular flexibility index (Phi) is 12.5. The van der Waals surface area contributed by atoms with E-state index >= 15 is 0 Å². The molecule has 9 N–H and O–H groups in total. The SMILES string of the molecule is CC(=O)Nc1ccc(N=Nc2c(S(=O)(=O)O)cc3cc(NC(=O)c4ccc(C(=O)Nc5ccc6c(O)c(N=Nc7ccc(NC(=O)O)cc7)c(S(=O)(=O)O)cc6c5)cc4)ccc3c2O)cc1. The van der Waals surface area contributed by atoms with Crippen LogP contribution in [0.3, 0.4) is 0 Å². The van der Waals surface area contributed by atoms with Crippen molar-refractivity contribution in [1.82, 2.24) is 0 Å². The molecule has 0 unspecified atom stereocenters. The topological polar surface area (TPSA) is 335 Å². The largest absolute Gasteiger partial charge is 0.505 e. The fourth-order valence-electron chi connectivity index (χ4n) is 6.39. The molecule has 0 aromatic heterocycles. The first kappa shape index (κ1) is 45.4. The first-order chi connectivity index (χ1) is 31.2. The number of nitrogens with one attached hydrogen (secondary N) is 4. The second-order valence-electron chi connectivity index (χ2n) is 14.1. The van der Waals surface area contributed by atoms with Gasteiger partial charge in [-0.05, 0) is 132 Å². The van der Waals surface area contributed by atoms with Gasteiger partial charge in [-0.25, -0.2) is 4.79 Å². The Hall–Kier alpha value is -8.64. The molecule has 0 saturated carbocycles. The molecule has 4 amide bonds. The van der Waals surface area contributed by atoms with Crippen molar-refractivity contribution in [2.24, 2.45) is 20.5 Å². The zero-order chi connectivity index (χ0) is 47.5. The number of anilines is 4. The van der Waals surface area contributed by atoms with Gasteiger partial charge in [-0.1, -0.05) is 0 Å². The van der Waals surface area contributed by atoms with Crippen molar-refractivity contribution in [2.75, 3.05) is 21.3 Å². The first-order valence-corrected chi connectivity index (χ1v) is 21.7. The monoisotopic (exact) mass is 932 g/mol. The van der Waals surface area contributed by atoms with Crippen LogP contribution < -0.4 is 21.3 Å². The van der Waals surface area contributed by atoms with E-state index in [1.54, 1.807) is 0 Å². The predicted octanol–water partition coefficient (Wildman–Crippen LogP) is 9.28. The Bertz CT molecular complexity index is 3190. The van der Waals surface area contributed by atoms with E-state index in [1.807, 2.05) is 0 Å². The summed E-state index contributed by atoms with van der Waals surface area (Å²) in [6.45, 7) is 1.34. The minimum atomic E-state index is -4.98. The van der Waals surface area contributed by atoms with Crippen LogP contribution in [0.25, 0.3) is 21.5 Å². The molecular formula is C43H32N8O13S2. The molecular weight excluding hydrogens is 901 g/mol.